The third-order valence-electron chi connectivity index (χ3n) is 4.21. The molecule has 24 heavy (non-hydrogen) atoms. The van der Waals surface area contributed by atoms with Gasteiger partial charge in [0.2, 0.25) is 5.82 Å². The Morgan fingerprint density at radius 2 is 2.42 bits per heavy atom. The monoisotopic (exact) mass is 348 g/mol. The molecule has 0 bridgehead atoms. The van der Waals surface area contributed by atoms with Crippen LogP contribution in [0, 0.1) is 0 Å². The molecule has 8 heteroatoms. The van der Waals surface area contributed by atoms with Crippen LogP contribution in [0.25, 0.3) is 11.6 Å². The molecule has 7 nitrogen and oxygen atoms in total. The highest BCUT2D eigenvalue weighted by molar-refractivity contribution is 7.99. The normalized spacial score (nSPS) is 21.2. The summed E-state index contributed by atoms with van der Waals surface area (Å²) in [7, 11) is 1.81. The predicted octanol–water partition coefficient (Wildman–Crippen LogP) is 2.06. The van der Waals surface area contributed by atoms with E-state index in [-0.39, 0.29) is 0 Å². The third kappa shape index (κ3) is 4.31. The van der Waals surface area contributed by atoms with Gasteiger partial charge < -0.3 is 15.1 Å². The molecule has 1 aliphatic rings. The summed E-state index contributed by atoms with van der Waals surface area (Å²) in [5.41, 5.74) is 0. The summed E-state index contributed by atoms with van der Waals surface area (Å²) in [6.45, 7) is 0.741. The van der Waals surface area contributed by atoms with Crippen LogP contribution in [0.1, 0.15) is 25.1 Å². The molecule has 1 fully saturated rings. The molecule has 130 valence electrons. The van der Waals surface area contributed by atoms with Gasteiger partial charge in [0.1, 0.15) is 5.82 Å². The van der Waals surface area contributed by atoms with E-state index in [4.69, 9.17) is 4.42 Å². The van der Waals surface area contributed by atoms with Gasteiger partial charge in [0.05, 0.1) is 6.26 Å². The van der Waals surface area contributed by atoms with Crippen LogP contribution in [-0.4, -0.2) is 52.3 Å². The standard InChI is InChI=1S/C16H24N6OS/c1-17-16(19-11-5-6-12(10-11)24-2)18-8-7-14-20-15(22-21-14)13-4-3-9-23-13/h3-4,9,11-12H,5-8,10H2,1-2H3,(H2,17,18,19)(H,20,21,22). The van der Waals surface area contributed by atoms with Crippen molar-refractivity contribution < 1.29 is 4.42 Å². The molecule has 1 saturated carbocycles. The Bertz CT molecular complexity index is 653. The Balaban J connectivity index is 1.43. The van der Waals surface area contributed by atoms with Crippen molar-refractivity contribution in [2.24, 2.45) is 4.99 Å². The molecule has 2 unspecified atom stereocenters. The molecule has 2 aromatic heterocycles. The molecule has 2 atom stereocenters. The zero-order valence-corrected chi connectivity index (χ0v) is 14.9. The van der Waals surface area contributed by atoms with Crippen molar-refractivity contribution in [2.45, 2.75) is 37.0 Å². The lowest BCUT2D eigenvalue weighted by Crippen LogP contribution is -2.43. The number of nitrogens with zero attached hydrogens (tertiary/aromatic N) is 3. The van der Waals surface area contributed by atoms with Crippen molar-refractivity contribution in [1.82, 2.24) is 25.8 Å². The Labute approximate surface area is 146 Å². The van der Waals surface area contributed by atoms with Crippen LogP contribution < -0.4 is 10.6 Å². The molecule has 0 saturated heterocycles. The molecular weight excluding hydrogens is 324 g/mol. The number of nitrogens with one attached hydrogen (secondary N) is 3. The number of hydrogen-bond acceptors (Lipinski definition) is 5. The lowest BCUT2D eigenvalue weighted by molar-refractivity contribution is 0.577. The van der Waals surface area contributed by atoms with E-state index < -0.39 is 0 Å². The van der Waals surface area contributed by atoms with Gasteiger partial charge in [0, 0.05) is 31.3 Å². The van der Waals surface area contributed by atoms with Gasteiger partial charge in [-0.05, 0) is 37.7 Å². The minimum absolute atomic E-state index is 0.518. The summed E-state index contributed by atoms with van der Waals surface area (Å²) in [5.74, 6) is 2.94. The maximum Gasteiger partial charge on any atom is 0.216 e. The van der Waals surface area contributed by atoms with E-state index in [0.717, 1.165) is 30.0 Å². The molecular formula is C16H24N6OS. The van der Waals surface area contributed by atoms with Crippen molar-refractivity contribution in [3.05, 3.63) is 24.2 Å². The summed E-state index contributed by atoms with van der Waals surface area (Å²) in [6, 6.07) is 4.19. The number of aromatic nitrogens is 3. The number of aliphatic imine (C=N–C) groups is 1. The molecule has 0 spiro atoms. The number of furan rings is 1. The van der Waals surface area contributed by atoms with Crippen molar-refractivity contribution in [2.75, 3.05) is 19.8 Å². The van der Waals surface area contributed by atoms with Crippen LogP contribution in [0.4, 0.5) is 0 Å². The van der Waals surface area contributed by atoms with E-state index >= 15 is 0 Å². The SMILES string of the molecule is CN=C(NCCc1nc(-c2ccco2)n[nH]1)NC1CCC(SC)C1. The zero-order valence-electron chi connectivity index (χ0n) is 14.1. The number of H-pyrrole nitrogens is 1. The van der Waals surface area contributed by atoms with Crippen LogP contribution in [-0.2, 0) is 6.42 Å². The molecule has 0 radical (unpaired) electrons. The van der Waals surface area contributed by atoms with Crippen molar-refractivity contribution in [3.8, 4) is 11.6 Å². The molecule has 2 heterocycles. The summed E-state index contributed by atoms with van der Waals surface area (Å²) in [6.07, 6.45) is 8.24. The van der Waals surface area contributed by atoms with Gasteiger partial charge in [0.15, 0.2) is 11.7 Å². The third-order valence-corrected chi connectivity index (χ3v) is 5.30. The van der Waals surface area contributed by atoms with Crippen LogP contribution in [0.3, 0.4) is 0 Å². The second-order valence-corrected chi connectivity index (χ2v) is 6.98. The molecule has 1 aliphatic carbocycles. The highest BCUT2D eigenvalue weighted by Gasteiger charge is 2.24. The van der Waals surface area contributed by atoms with Gasteiger partial charge >= 0.3 is 0 Å². The lowest BCUT2D eigenvalue weighted by atomic mass is 10.2. The number of aromatic amines is 1. The van der Waals surface area contributed by atoms with E-state index in [1.807, 2.05) is 23.9 Å². The first kappa shape index (κ1) is 16.9. The molecule has 3 N–H and O–H groups in total. The van der Waals surface area contributed by atoms with Gasteiger partial charge in [-0.25, -0.2) is 4.98 Å². The molecule has 0 aromatic carbocycles. The van der Waals surface area contributed by atoms with Gasteiger partial charge in [-0.2, -0.15) is 16.9 Å². The van der Waals surface area contributed by atoms with Crippen LogP contribution in [0.15, 0.2) is 27.8 Å². The summed E-state index contributed by atoms with van der Waals surface area (Å²) < 4.78 is 5.29. The molecule has 3 rings (SSSR count). The fourth-order valence-electron chi connectivity index (χ4n) is 2.90. The first-order valence-electron chi connectivity index (χ1n) is 8.23. The predicted molar refractivity (Wildman–Crippen MR) is 97.2 cm³/mol. The smallest absolute Gasteiger partial charge is 0.216 e. The van der Waals surface area contributed by atoms with E-state index in [2.05, 4.69) is 37.1 Å². The molecule has 0 amide bonds. The fraction of sp³-hybridized carbons (Fsp3) is 0.562. The van der Waals surface area contributed by atoms with Gasteiger partial charge in [-0.15, -0.1) is 0 Å². The second-order valence-electron chi connectivity index (χ2n) is 5.84. The molecule has 2 aromatic rings. The Morgan fingerprint density at radius 1 is 1.50 bits per heavy atom. The summed E-state index contributed by atoms with van der Waals surface area (Å²) in [5, 5.41) is 14.7. The molecule has 0 aliphatic heterocycles. The number of hydrogen-bond donors (Lipinski definition) is 3. The number of guanidine groups is 1. The Morgan fingerprint density at radius 3 is 3.12 bits per heavy atom. The topological polar surface area (TPSA) is 91.1 Å². The van der Waals surface area contributed by atoms with Crippen LogP contribution >= 0.6 is 11.8 Å². The number of rotatable bonds is 6. The number of thioether (sulfide) groups is 1. The first-order valence-corrected chi connectivity index (χ1v) is 9.52. The highest BCUT2D eigenvalue weighted by Crippen LogP contribution is 2.27. The second kappa shape index (κ2) is 8.23. The minimum Gasteiger partial charge on any atom is -0.461 e. The maximum absolute atomic E-state index is 5.29. The average Bonchev–Trinajstić information content (AvgIpc) is 3.34. The van der Waals surface area contributed by atoms with E-state index in [1.165, 1.54) is 19.3 Å². The van der Waals surface area contributed by atoms with E-state index in [0.29, 0.717) is 17.6 Å². The van der Waals surface area contributed by atoms with Crippen molar-refractivity contribution >= 4 is 17.7 Å². The fourth-order valence-corrected chi connectivity index (χ4v) is 3.69. The Kier molecular flexibility index (Phi) is 5.79. The summed E-state index contributed by atoms with van der Waals surface area (Å²) in [4.78, 5) is 8.74. The van der Waals surface area contributed by atoms with Crippen LogP contribution in [0.5, 0.6) is 0 Å². The quantitative estimate of drug-likeness (QED) is 0.547. The minimum atomic E-state index is 0.518. The van der Waals surface area contributed by atoms with E-state index in [1.54, 1.807) is 13.3 Å². The zero-order chi connectivity index (χ0) is 16.8. The first-order chi connectivity index (χ1) is 11.8. The van der Waals surface area contributed by atoms with Gasteiger partial charge in [0.25, 0.3) is 0 Å². The largest absolute Gasteiger partial charge is 0.461 e. The maximum atomic E-state index is 5.29. The highest BCUT2D eigenvalue weighted by atomic mass is 32.2. The van der Waals surface area contributed by atoms with Crippen LogP contribution in [0.2, 0.25) is 0 Å². The Hall–Kier alpha value is -1.96. The summed E-state index contributed by atoms with van der Waals surface area (Å²) >= 11 is 1.96. The van der Waals surface area contributed by atoms with Gasteiger partial charge in [-0.1, -0.05) is 0 Å². The van der Waals surface area contributed by atoms with Gasteiger partial charge in [-0.3, -0.25) is 10.1 Å². The van der Waals surface area contributed by atoms with E-state index in [9.17, 15) is 0 Å². The lowest BCUT2D eigenvalue weighted by Gasteiger charge is -2.17. The van der Waals surface area contributed by atoms with Crippen molar-refractivity contribution in [1.29, 1.82) is 0 Å². The van der Waals surface area contributed by atoms with Crippen molar-refractivity contribution in [3.63, 3.8) is 0 Å². The average molecular weight is 348 g/mol.